The Morgan fingerprint density at radius 1 is 1.38 bits per heavy atom. The van der Waals surface area contributed by atoms with E-state index < -0.39 is 0 Å². The Labute approximate surface area is 79.0 Å². The van der Waals surface area contributed by atoms with E-state index in [1.807, 2.05) is 19.1 Å². The SMILES string of the molecule is C=NC(C)=NCc1ccccc1C. The van der Waals surface area contributed by atoms with Gasteiger partial charge >= 0.3 is 0 Å². The molecule has 0 atom stereocenters. The van der Waals surface area contributed by atoms with Crippen molar-refractivity contribution in [3.8, 4) is 0 Å². The van der Waals surface area contributed by atoms with Gasteiger partial charge in [-0.2, -0.15) is 0 Å². The van der Waals surface area contributed by atoms with Gasteiger partial charge in [-0.25, -0.2) is 4.99 Å². The summed E-state index contributed by atoms with van der Waals surface area (Å²) in [6.07, 6.45) is 0. The minimum absolute atomic E-state index is 0.692. The highest BCUT2D eigenvalue weighted by molar-refractivity contribution is 5.83. The van der Waals surface area contributed by atoms with Crippen molar-refractivity contribution < 1.29 is 0 Å². The molecular weight excluding hydrogens is 160 g/mol. The lowest BCUT2D eigenvalue weighted by molar-refractivity contribution is 1.04. The summed E-state index contributed by atoms with van der Waals surface area (Å²) < 4.78 is 0. The number of hydrogen-bond donors (Lipinski definition) is 0. The lowest BCUT2D eigenvalue weighted by Crippen LogP contribution is -1.90. The van der Waals surface area contributed by atoms with Gasteiger partial charge in [0.2, 0.25) is 0 Å². The van der Waals surface area contributed by atoms with Crippen molar-refractivity contribution in [2.75, 3.05) is 0 Å². The third kappa shape index (κ3) is 2.82. The van der Waals surface area contributed by atoms with Crippen LogP contribution in [0.25, 0.3) is 0 Å². The number of amidine groups is 1. The number of nitrogens with zero attached hydrogens (tertiary/aromatic N) is 2. The normalized spacial score (nSPS) is 11.4. The zero-order chi connectivity index (χ0) is 9.68. The number of aryl methyl sites for hydroxylation is 1. The molecule has 0 aliphatic rings. The molecule has 68 valence electrons. The van der Waals surface area contributed by atoms with Crippen LogP contribution in [0, 0.1) is 6.92 Å². The van der Waals surface area contributed by atoms with E-state index in [1.165, 1.54) is 11.1 Å². The van der Waals surface area contributed by atoms with Crippen LogP contribution in [-0.4, -0.2) is 12.6 Å². The fourth-order valence-electron chi connectivity index (χ4n) is 1.04. The van der Waals surface area contributed by atoms with Crippen molar-refractivity contribution in [1.29, 1.82) is 0 Å². The standard InChI is InChI=1S/C11H14N2/c1-9-6-4-5-7-11(9)8-13-10(2)12-3/h4-7H,3,8H2,1-2H3. The average molecular weight is 174 g/mol. The topological polar surface area (TPSA) is 24.7 Å². The van der Waals surface area contributed by atoms with Gasteiger partial charge in [-0.3, -0.25) is 4.99 Å². The summed E-state index contributed by atoms with van der Waals surface area (Å²) in [6.45, 7) is 8.04. The summed E-state index contributed by atoms with van der Waals surface area (Å²) >= 11 is 0. The molecule has 0 fully saturated rings. The molecule has 0 aliphatic carbocycles. The van der Waals surface area contributed by atoms with Crippen LogP contribution in [0.1, 0.15) is 18.1 Å². The summed E-state index contributed by atoms with van der Waals surface area (Å²) in [6, 6.07) is 8.21. The maximum Gasteiger partial charge on any atom is 0.119 e. The van der Waals surface area contributed by atoms with Gasteiger partial charge in [0.15, 0.2) is 0 Å². The van der Waals surface area contributed by atoms with E-state index in [0.29, 0.717) is 6.54 Å². The van der Waals surface area contributed by atoms with E-state index in [2.05, 4.69) is 35.8 Å². The molecule has 0 spiro atoms. The maximum atomic E-state index is 4.26. The summed E-state index contributed by atoms with van der Waals surface area (Å²) in [5.41, 5.74) is 2.51. The number of benzene rings is 1. The Morgan fingerprint density at radius 2 is 2.08 bits per heavy atom. The van der Waals surface area contributed by atoms with Gasteiger partial charge in [-0.1, -0.05) is 24.3 Å². The maximum absolute atomic E-state index is 4.26. The van der Waals surface area contributed by atoms with Crippen molar-refractivity contribution in [3.05, 3.63) is 35.4 Å². The number of rotatable bonds is 2. The van der Waals surface area contributed by atoms with E-state index in [-0.39, 0.29) is 0 Å². The second-order valence-corrected chi connectivity index (χ2v) is 2.95. The average Bonchev–Trinajstić information content (AvgIpc) is 2.16. The zero-order valence-corrected chi connectivity index (χ0v) is 8.12. The summed E-state index contributed by atoms with van der Waals surface area (Å²) in [4.78, 5) is 7.99. The molecule has 0 bridgehead atoms. The first-order valence-electron chi connectivity index (χ1n) is 4.26. The van der Waals surface area contributed by atoms with E-state index in [0.717, 1.165) is 5.84 Å². The molecule has 0 amide bonds. The van der Waals surface area contributed by atoms with Gasteiger partial charge in [-0.05, 0) is 31.7 Å². The molecule has 2 heteroatoms. The monoisotopic (exact) mass is 174 g/mol. The van der Waals surface area contributed by atoms with Crippen LogP contribution < -0.4 is 0 Å². The quantitative estimate of drug-likeness (QED) is 0.486. The lowest BCUT2D eigenvalue weighted by atomic mass is 10.1. The lowest BCUT2D eigenvalue weighted by Gasteiger charge is -2.00. The Balaban J connectivity index is 2.75. The van der Waals surface area contributed by atoms with Crippen molar-refractivity contribution in [3.63, 3.8) is 0 Å². The van der Waals surface area contributed by atoms with Crippen LogP contribution in [0.4, 0.5) is 0 Å². The Kier molecular flexibility index (Phi) is 3.38. The molecule has 0 radical (unpaired) electrons. The molecule has 1 rings (SSSR count). The molecule has 0 saturated carbocycles. The molecule has 0 unspecified atom stereocenters. The van der Waals surface area contributed by atoms with Gasteiger partial charge in [0.25, 0.3) is 0 Å². The fourth-order valence-corrected chi connectivity index (χ4v) is 1.04. The minimum Gasteiger partial charge on any atom is -0.266 e. The molecule has 1 aromatic carbocycles. The molecule has 0 aromatic heterocycles. The van der Waals surface area contributed by atoms with Crippen LogP contribution in [0.5, 0.6) is 0 Å². The van der Waals surface area contributed by atoms with Gasteiger partial charge < -0.3 is 0 Å². The van der Waals surface area contributed by atoms with Crippen LogP contribution in [-0.2, 0) is 6.54 Å². The first-order chi connectivity index (χ1) is 6.24. The minimum atomic E-state index is 0.692. The zero-order valence-electron chi connectivity index (χ0n) is 8.12. The Hall–Kier alpha value is -1.44. The molecule has 0 heterocycles. The molecule has 0 aliphatic heterocycles. The summed E-state index contributed by atoms with van der Waals surface area (Å²) in [5.74, 6) is 0.739. The van der Waals surface area contributed by atoms with Crippen molar-refractivity contribution in [2.45, 2.75) is 20.4 Å². The van der Waals surface area contributed by atoms with Crippen molar-refractivity contribution in [1.82, 2.24) is 0 Å². The predicted molar refractivity (Wildman–Crippen MR) is 57.5 cm³/mol. The molecule has 13 heavy (non-hydrogen) atoms. The predicted octanol–water partition coefficient (Wildman–Crippen LogP) is 2.61. The van der Waals surface area contributed by atoms with E-state index in [1.54, 1.807) is 0 Å². The third-order valence-electron chi connectivity index (χ3n) is 1.97. The Bertz CT molecular complexity index is 327. The van der Waals surface area contributed by atoms with Crippen LogP contribution in [0.15, 0.2) is 34.3 Å². The molecule has 1 aromatic rings. The van der Waals surface area contributed by atoms with Gasteiger partial charge in [0, 0.05) is 0 Å². The van der Waals surface area contributed by atoms with E-state index in [4.69, 9.17) is 0 Å². The van der Waals surface area contributed by atoms with E-state index in [9.17, 15) is 0 Å². The first-order valence-corrected chi connectivity index (χ1v) is 4.26. The second kappa shape index (κ2) is 4.55. The second-order valence-electron chi connectivity index (χ2n) is 2.95. The third-order valence-corrected chi connectivity index (χ3v) is 1.97. The van der Waals surface area contributed by atoms with Crippen LogP contribution in [0.2, 0.25) is 0 Å². The highest BCUT2D eigenvalue weighted by Gasteiger charge is 1.94. The highest BCUT2D eigenvalue weighted by atomic mass is 14.9. The molecule has 0 N–H and O–H groups in total. The van der Waals surface area contributed by atoms with Crippen LogP contribution >= 0.6 is 0 Å². The number of hydrogen-bond acceptors (Lipinski definition) is 1. The fraction of sp³-hybridized carbons (Fsp3) is 0.273. The van der Waals surface area contributed by atoms with Gasteiger partial charge in [0.1, 0.15) is 5.84 Å². The first kappa shape index (κ1) is 9.65. The highest BCUT2D eigenvalue weighted by Crippen LogP contribution is 2.08. The number of aliphatic imine (C=N–C) groups is 2. The summed E-state index contributed by atoms with van der Waals surface area (Å²) in [7, 11) is 0. The smallest absolute Gasteiger partial charge is 0.119 e. The van der Waals surface area contributed by atoms with Crippen molar-refractivity contribution >= 4 is 12.6 Å². The largest absolute Gasteiger partial charge is 0.266 e. The van der Waals surface area contributed by atoms with Crippen molar-refractivity contribution in [2.24, 2.45) is 9.98 Å². The molecule has 2 nitrogen and oxygen atoms in total. The Morgan fingerprint density at radius 3 is 2.69 bits per heavy atom. The molecule has 0 saturated heterocycles. The van der Waals surface area contributed by atoms with Crippen LogP contribution in [0.3, 0.4) is 0 Å². The van der Waals surface area contributed by atoms with E-state index >= 15 is 0 Å². The van der Waals surface area contributed by atoms with Gasteiger partial charge in [0.05, 0.1) is 6.54 Å². The summed E-state index contributed by atoms with van der Waals surface area (Å²) in [5, 5.41) is 0. The molecular formula is C11H14N2. The van der Waals surface area contributed by atoms with Gasteiger partial charge in [-0.15, -0.1) is 0 Å².